The summed E-state index contributed by atoms with van der Waals surface area (Å²) in [4.78, 5) is 27.4. The number of amides is 1. The van der Waals surface area contributed by atoms with Gasteiger partial charge in [-0.05, 0) is 6.92 Å². The standard InChI is InChI=1S/C8H10N2O3S/c1-5-9-3-6(14-5)8(13)10(2)4-7(11)12/h3H,4H2,1-2H3,(H,11,12). The molecule has 0 saturated heterocycles. The lowest BCUT2D eigenvalue weighted by Crippen LogP contribution is -2.31. The molecule has 0 aliphatic heterocycles. The highest BCUT2D eigenvalue weighted by Crippen LogP contribution is 2.13. The molecule has 0 atom stereocenters. The number of hydrogen-bond donors (Lipinski definition) is 1. The topological polar surface area (TPSA) is 70.5 Å². The summed E-state index contributed by atoms with van der Waals surface area (Å²) in [5.41, 5.74) is 0. The quantitative estimate of drug-likeness (QED) is 0.800. The van der Waals surface area contributed by atoms with E-state index in [0.717, 1.165) is 9.91 Å². The minimum atomic E-state index is -1.03. The maximum atomic E-state index is 11.5. The SMILES string of the molecule is Cc1ncc(C(=O)N(C)CC(=O)O)s1. The van der Waals surface area contributed by atoms with Crippen molar-refractivity contribution in [2.24, 2.45) is 0 Å². The van der Waals surface area contributed by atoms with E-state index in [4.69, 9.17) is 5.11 Å². The average Bonchev–Trinajstić information content (AvgIpc) is 2.49. The van der Waals surface area contributed by atoms with Crippen LogP contribution in [0.15, 0.2) is 6.20 Å². The van der Waals surface area contributed by atoms with Crippen LogP contribution in [0.5, 0.6) is 0 Å². The van der Waals surface area contributed by atoms with E-state index in [9.17, 15) is 9.59 Å². The second kappa shape index (κ2) is 4.19. The molecule has 1 heterocycles. The van der Waals surface area contributed by atoms with Crippen LogP contribution in [0.25, 0.3) is 0 Å². The summed E-state index contributed by atoms with van der Waals surface area (Å²) in [5.74, 6) is -1.33. The Morgan fingerprint density at radius 3 is 2.71 bits per heavy atom. The number of carboxylic acids is 1. The number of nitrogens with zero attached hydrogens (tertiary/aromatic N) is 2. The number of aromatic nitrogens is 1. The summed E-state index contributed by atoms with van der Waals surface area (Å²) in [7, 11) is 1.45. The first kappa shape index (κ1) is 10.6. The Labute approximate surface area is 85.0 Å². The second-order valence-electron chi connectivity index (χ2n) is 2.80. The zero-order valence-corrected chi connectivity index (χ0v) is 8.67. The summed E-state index contributed by atoms with van der Waals surface area (Å²) >= 11 is 1.26. The van der Waals surface area contributed by atoms with Crippen LogP contribution in [0.2, 0.25) is 0 Å². The van der Waals surface area contributed by atoms with Gasteiger partial charge >= 0.3 is 5.97 Å². The van der Waals surface area contributed by atoms with Gasteiger partial charge in [0.1, 0.15) is 11.4 Å². The van der Waals surface area contributed by atoms with Crippen LogP contribution in [0.3, 0.4) is 0 Å². The predicted molar refractivity (Wildman–Crippen MR) is 51.4 cm³/mol. The number of thiazole rings is 1. The molecule has 0 aliphatic carbocycles. The van der Waals surface area contributed by atoms with E-state index in [2.05, 4.69) is 4.98 Å². The molecular weight excluding hydrogens is 204 g/mol. The van der Waals surface area contributed by atoms with Crippen molar-refractivity contribution in [3.8, 4) is 0 Å². The summed E-state index contributed by atoms with van der Waals surface area (Å²) in [6.45, 7) is 1.49. The normalized spacial score (nSPS) is 9.86. The molecule has 0 aliphatic rings. The largest absolute Gasteiger partial charge is 0.480 e. The van der Waals surface area contributed by atoms with E-state index in [1.54, 1.807) is 6.92 Å². The van der Waals surface area contributed by atoms with Gasteiger partial charge < -0.3 is 10.0 Å². The lowest BCUT2D eigenvalue weighted by Gasteiger charge is -2.12. The first-order valence-corrected chi connectivity index (χ1v) is 4.72. The number of carbonyl (C=O) groups is 2. The molecule has 1 amide bonds. The monoisotopic (exact) mass is 214 g/mol. The number of rotatable bonds is 3. The highest BCUT2D eigenvalue weighted by atomic mass is 32.1. The lowest BCUT2D eigenvalue weighted by molar-refractivity contribution is -0.137. The molecule has 0 unspecified atom stereocenters. The van der Waals surface area contributed by atoms with Crippen LogP contribution in [0.1, 0.15) is 14.7 Å². The van der Waals surface area contributed by atoms with Crippen molar-refractivity contribution in [3.63, 3.8) is 0 Å². The van der Waals surface area contributed by atoms with Crippen LogP contribution < -0.4 is 0 Å². The van der Waals surface area contributed by atoms with Gasteiger partial charge in [-0.3, -0.25) is 9.59 Å². The Bertz CT molecular complexity index is 361. The Balaban J connectivity index is 2.70. The van der Waals surface area contributed by atoms with E-state index in [-0.39, 0.29) is 12.5 Å². The number of carboxylic acid groups (broad SMARTS) is 1. The van der Waals surface area contributed by atoms with Crippen LogP contribution in [0.4, 0.5) is 0 Å². The summed E-state index contributed by atoms with van der Waals surface area (Å²) < 4.78 is 0. The highest BCUT2D eigenvalue weighted by molar-refractivity contribution is 7.13. The summed E-state index contributed by atoms with van der Waals surface area (Å²) in [5, 5.41) is 9.27. The van der Waals surface area contributed by atoms with Gasteiger partial charge in [0.25, 0.3) is 5.91 Å². The van der Waals surface area contributed by atoms with Crippen LogP contribution in [0, 0.1) is 6.92 Å². The smallest absolute Gasteiger partial charge is 0.323 e. The van der Waals surface area contributed by atoms with Gasteiger partial charge in [0, 0.05) is 7.05 Å². The molecule has 6 heteroatoms. The zero-order chi connectivity index (χ0) is 10.7. The minimum Gasteiger partial charge on any atom is -0.480 e. The predicted octanol–water partition coefficient (Wildman–Crippen LogP) is 0.608. The van der Waals surface area contributed by atoms with Gasteiger partial charge in [0.05, 0.1) is 11.2 Å². The molecule has 0 radical (unpaired) electrons. The van der Waals surface area contributed by atoms with Gasteiger partial charge in [-0.2, -0.15) is 0 Å². The van der Waals surface area contributed by atoms with Crippen molar-refractivity contribution in [2.45, 2.75) is 6.92 Å². The molecule has 1 aromatic heterocycles. The number of aryl methyl sites for hydroxylation is 1. The summed E-state index contributed by atoms with van der Waals surface area (Å²) in [6, 6.07) is 0. The fourth-order valence-electron chi connectivity index (χ4n) is 0.923. The van der Waals surface area contributed by atoms with Crippen molar-refractivity contribution in [1.29, 1.82) is 0 Å². The van der Waals surface area contributed by atoms with E-state index in [1.165, 1.54) is 24.6 Å². The second-order valence-corrected chi connectivity index (χ2v) is 4.03. The molecule has 0 spiro atoms. The molecule has 0 saturated carbocycles. The number of hydrogen-bond acceptors (Lipinski definition) is 4. The first-order valence-electron chi connectivity index (χ1n) is 3.90. The fourth-order valence-corrected chi connectivity index (χ4v) is 1.70. The maximum Gasteiger partial charge on any atom is 0.323 e. The van der Waals surface area contributed by atoms with E-state index >= 15 is 0 Å². The Morgan fingerprint density at radius 2 is 2.29 bits per heavy atom. The molecule has 1 aromatic rings. The molecule has 5 nitrogen and oxygen atoms in total. The molecule has 1 rings (SSSR count). The molecule has 0 aromatic carbocycles. The van der Waals surface area contributed by atoms with Crippen LogP contribution in [-0.2, 0) is 4.79 Å². The van der Waals surface area contributed by atoms with Crippen molar-refractivity contribution < 1.29 is 14.7 Å². The molecular formula is C8H10N2O3S. The van der Waals surface area contributed by atoms with Crippen molar-refractivity contribution in [2.75, 3.05) is 13.6 Å². The Kier molecular flexibility index (Phi) is 3.19. The van der Waals surface area contributed by atoms with Gasteiger partial charge in [0.2, 0.25) is 0 Å². The third-order valence-corrected chi connectivity index (χ3v) is 2.45. The van der Waals surface area contributed by atoms with Gasteiger partial charge in [0.15, 0.2) is 0 Å². The third-order valence-electron chi connectivity index (χ3n) is 1.55. The highest BCUT2D eigenvalue weighted by Gasteiger charge is 2.16. The van der Waals surface area contributed by atoms with E-state index in [1.807, 2.05) is 0 Å². The molecule has 0 fully saturated rings. The van der Waals surface area contributed by atoms with E-state index < -0.39 is 5.97 Å². The van der Waals surface area contributed by atoms with Crippen molar-refractivity contribution in [1.82, 2.24) is 9.88 Å². The number of likely N-dealkylation sites (N-methyl/N-ethyl adjacent to an activating group) is 1. The van der Waals surface area contributed by atoms with Gasteiger partial charge in [-0.1, -0.05) is 0 Å². The zero-order valence-electron chi connectivity index (χ0n) is 7.85. The lowest BCUT2D eigenvalue weighted by atomic mass is 10.4. The third kappa shape index (κ3) is 2.53. The van der Waals surface area contributed by atoms with Gasteiger partial charge in [-0.25, -0.2) is 4.98 Å². The molecule has 1 N–H and O–H groups in total. The van der Waals surface area contributed by atoms with E-state index in [0.29, 0.717) is 4.88 Å². The fraction of sp³-hybridized carbons (Fsp3) is 0.375. The maximum absolute atomic E-state index is 11.5. The summed E-state index contributed by atoms with van der Waals surface area (Å²) in [6.07, 6.45) is 1.46. The Hall–Kier alpha value is -1.43. The minimum absolute atomic E-state index is 0.296. The van der Waals surface area contributed by atoms with Crippen molar-refractivity contribution in [3.05, 3.63) is 16.1 Å². The number of carbonyl (C=O) groups excluding carboxylic acids is 1. The molecule has 14 heavy (non-hydrogen) atoms. The Morgan fingerprint density at radius 1 is 1.64 bits per heavy atom. The van der Waals surface area contributed by atoms with Crippen molar-refractivity contribution >= 4 is 23.2 Å². The van der Waals surface area contributed by atoms with Crippen LogP contribution in [-0.4, -0.2) is 40.5 Å². The van der Waals surface area contributed by atoms with Gasteiger partial charge in [-0.15, -0.1) is 11.3 Å². The molecule has 0 bridgehead atoms. The number of aliphatic carboxylic acids is 1. The average molecular weight is 214 g/mol. The van der Waals surface area contributed by atoms with Crippen LogP contribution >= 0.6 is 11.3 Å². The first-order chi connectivity index (χ1) is 6.50. The molecule has 76 valence electrons.